The molecule has 0 saturated carbocycles. The van der Waals surface area contributed by atoms with Crippen LogP contribution >= 0.6 is 0 Å². The van der Waals surface area contributed by atoms with Crippen LogP contribution in [0.4, 0.5) is 4.79 Å². The number of benzene rings is 2. The van der Waals surface area contributed by atoms with Crippen molar-refractivity contribution in [3.8, 4) is 0 Å². The highest BCUT2D eigenvalue weighted by Crippen LogP contribution is 2.14. The van der Waals surface area contributed by atoms with Crippen molar-refractivity contribution in [3.05, 3.63) is 71.8 Å². The SMILES string of the molecule is COC(=O)[C@@H](CC=O)[C@H](NC(=O)OCc1ccccc1)C(=O)OCc1ccccc1. The van der Waals surface area contributed by atoms with E-state index in [-0.39, 0.29) is 19.6 Å². The second kappa shape index (κ2) is 12.0. The van der Waals surface area contributed by atoms with Gasteiger partial charge in [0.25, 0.3) is 0 Å². The maximum Gasteiger partial charge on any atom is 0.408 e. The Morgan fingerprint density at radius 2 is 1.40 bits per heavy atom. The number of nitrogens with one attached hydrogen (secondary N) is 1. The highest BCUT2D eigenvalue weighted by molar-refractivity contribution is 5.89. The van der Waals surface area contributed by atoms with Gasteiger partial charge in [0.2, 0.25) is 0 Å². The Bertz CT molecular complexity index is 839. The maximum absolute atomic E-state index is 12.6. The van der Waals surface area contributed by atoms with Crippen molar-refractivity contribution in [1.29, 1.82) is 0 Å². The topological polar surface area (TPSA) is 108 Å². The molecular formula is C22H23NO7. The van der Waals surface area contributed by atoms with E-state index in [9.17, 15) is 19.2 Å². The van der Waals surface area contributed by atoms with Gasteiger partial charge >= 0.3 is 18.0 Å². The molecule has 0 radical (unpaired) electrons. The number of hydrogen-bond acceptors (Lipinski definition) is 7. The lowest BCUT2D eigenvalue weighted by Gasteiger charge is -2.23. The van der Waals surface area contributed by atoms with Crippen molar-refractivity contribution in [3.63, 3.8) is 0 Å². The molecule has 0 unspecified atom stereocenters. The molecule has 0 aliphatic rings. The van der Waals surface area contributed by atoms with Crippen LogP contribution in [-0.2, 0) is 41.8 Å². The Labute approximate surface area is 174 Å². The summed E-state index contributed by atoms with van der Waals surface area (Å²) in [6.07, 6.45) is -0.799. The number of carbonyl (C=O) groups excluding carboxylic acids is 4. The Morgan fingerprint density at radius 1 is 0.867 bits per heavy atom. The van der Waals surface area contributed by atoms with Crippen LogP contribution in [-0.4, -0.2) is 37.5 Å². The first-order valence-electron chi connectivity index (χ1n) is 9.24. The van der Waals surface area contributed by atoms with Gasteiger partial charge in [-0.05, 0) is 11.1 Å². The fourth-order valence-electron chi connectivity index (χ4n) is 2.66. The summed E-state index contributed by atoms with van der Waals surface area (Å²) in [7, 11) is 1.13. The highest BCUT2D eigenvalue weighted by atomic mass is 16.6. The fraction of sp³-hybridized carbons (Fsp3) is 0.273. The smallest absolute Gasteiger partial charge is 0.408 e. The first kappa shape index (κ1) is 22.6. The second-order valence-electron chi connectivity index (χ2n) is 6.31. The molecule has 0 aliphatic heterocycles. The summed E-state index contributed by atoms with van der Waals surface area (Å²) in [5.41, 5.74) is 1.47. The van der Waals surface area contributed by atoms with E-state index in [1.54, 1.807) is 48.5 Å². The average molecular weight is 413 g/mol. The Morgan fingerprint density at radius 3 is 1.90 bits per heavy atom. The molecule has 0 saturated heterocycles. The summed E-state index contributed by atoms with van der Waals surface area (Å²) >= 11 is 0. The van der Waals surface area contributed by atoms with Crippen molar-refractivity contribution in [2.24, 2.45) is 5.92 Å². The Kier molecular flexibility index (Phi) is 9.05. The number of rotatable bonds is 10. The van der Waals surface area contributed by atoms with E-state index >= 15 is 0 Å². The molecule has 1 amide bonds. The minimum Gasteiger partial charge on any atom is -0.469 e. The normalized spacial score (nSPS) is 12.2. The van der Waals surface area contributed by atoms with Crippen molar-refractivity contribution in [2.75, 3.05) is 7.11 Å². The number of methoxy groups -OCH3 is 1. The summed E-state index contributed by atoms with van der Waals surface area (Å²) in [5, 5.41) is 2.33. The van der Waals surface area contributed by atoms with E-state index < -0.39 is 30.0 Å². The molecule has 2 atom stereocenters. The molecule has 2 rings (SSSR count). The van der Waals surface area contributed by atoms with Crippen molar-refractivity contribution >= 4 is 24.3 Å². The zero-order valence-electron chi connectivity index (χ0n) is 16.5. The molecule has 1 N–H and O–H groups in total. The lowest BCUT2D eigenvalue weighted by molar-refractivity contribution is -0.157. The molecule has 2 aromatic rings. The van der Waals surface area contributed by atoms with Crippen LogP contribution in [0.1, 0.15) is 17.5 Å². The zero-order chi connectivity index (χ0) is 21.8. The minimum absolute atomic E-state index is 0.0327. The summed E-state index contributed by atoms with van der Waals surface area (Å²) in [4.78, 5) is 48.0. The summed E-state index contributed by atoms with van der Waals surface area (Å²) in [6, 6.07) is 16.4. The van der Waals surface area contributed by atoms with Gasteiger partial charge in [0.1, 0.15) is 25.5 Å². The first-order chi connectivity index (χ1) is 14.5. The number of esters is 2. The summed E-state index contributed by atoms with van der Waals surface area (Å²) in [5.74, 6) is -2.96. The van der Waals surface area contributed by atoms with Gasteiger partial charge in [-0.1, -0.05) is 60.7 Å². The van der Waals surface area contributed by atoms with Gasteiger partial charge in [0.15, 0.2) is 0 Å². The van der Waals surface area contributed by atoms with Crippen LogP contribution in [0, 0.1) is 5.92 Å². The maximum atomic E-state index is 12.6. The molecule has 158 valence electrons. The van der Waals surface area contributed by atoms with Crippen molar-refractivity contribution < 1.29 is 33.4 Å². The third-order valence-electron chi connectivity index (χ3n) is 4.22. The lowest BCUT2D eigenvalue weighted by Crippen LogP contribution is -2.49. The number of aldehydes is 1. The first-order valence-corrected chi connectivity index (χ1v) is 9.24. The molecule has 0 spiro atoms. The van der Waals surface area contributed by atoms with Gasteiger partial charge in [-0.3, -0.25) is 4.79 Å². The number of carbonyl (C=O) groups is 4. The molecule has 0 aliphatic carbocycles. The number of hydrogen-bond donors (Lipinski definition) is 1. The van der Waals surface area contributed by atoms with Gasteiger partial charge in [-0.2, -0.15) is 0 Å². The molecule has 0 bridgehead atoms. The third kappa shape index (κ3) is 7.05. The molecule has 8 nitrogen and oxygen atoms in total. The molecule has 0 fully saturated rings. The van der Waals surface area contributed by atoms with E-state index in [2.05, 4.69) is 10.1 Å². The van der Waals surface area contributed by atoms with E-state index in [1.807, 2.05) is 12.1 Å². The quantitative estimate of drug-likeness (QED) is 0.362. The second-order valence-corrected chi connectivity index (χ2v) is 6.31. The van der Waals surface area contributed by atoms with E-state index in [4.69, 9.17) is 9.47 Å². The van der Waals surface area contributed by atoms with E-state index in [1.165, 1.54) is 0 Å². The van der Waals surface area contributed by atoms with E-state index in [0.29, 0.717) is 6.29 Å². The number of amides is 1. The predicted molar refractivity (Wildman–Crippen MR) is 106 cm³/mol. The third-order valence-corrected chi connectivity index (χ3v) is 4.22. The Balaban J connectivity index is 2.08. The van der Waals surface area contributed by atoms with Gasteiger partial charge in [0.05, 0.1) is 13.0 Å². The predicted octanol–water partition coefficient (Wildman–Crippen LogP) is 2.40. The minimum atomic E-state index is -1.45. The van der Waals surface area contributed by atoms with Crippen LogP contribution in [0.2, 0.25) is 0 Å². The monoisotopic (exact) mass is 413 g/mol. The van der Waals surface area contributed by atoms with Crippen LogP contribution in [0.5, 0.6) is 0 Å². The molecule has 0 heterocycles. The number of ether oxygens (including phenoxy) is 3. The van der Waals surface area contributed by atoms with Crippen LogP contribution < -0.4 is 5.32 Å². The number of alkyl carbamates (subject to hydrolysis) is 1. The summed E-state index contributed by atoms with van der Waals surface area (Å²) < 4.78 is 15.0. The average Bonchev–Trinajstić information content (AvgIpc) is 2.79. The van der Waals surface area contributed by atoms with Crippen LogP contribution in [0.15, 0.2) is 60.7 Å². The largest absolute Gasteiger partial charge is 0.469 e. The molecule has 0 aromatic heterocycles. The van der Waals surface area contributed by atoms with Crippen LogP contribution in [0.3, 0.4) is 0 Å². The molecule has 30 heavy (non-hydrogen) atoms. The highest BCUT2D eigenvalue weighted by Gasteiger charge is 2.37. The van der Waals surface area contributed by atoms with Gasteiger partial charge < -0.3 is 24.3 Å². The fourth-order valence-corrected chi connectivity index (χ4v) is 2.66. The summed E-state index contributed by atoms with van der Waals surface area (Å²) in [6.45, 7) is -0.0963. The van der Waals surface area contributed by atoms with Crippen molar-refractivity contribution in [2.45, 2.75) is 25.7 Å². The van der Waals surface area contributed by atoms with Crippen LogP contribution in [0.25, 0.3) is 0 Å². The van der Waals surface area contributed by atoms with E-state index in [0.717, 1.165) is 18.2 Å². The van der Waals surface area contributed by atoms with Gasteiger partial charge in [-0.15, -0.1) is 0 Å². The standard InChI is InChI=1S/C22H23NO7/c1-28-20(25)18(12-13-24)19(21(26)29-14-16-8-4-2-5-9-16)23-22(27)30-15-17-10-6-3-7-11-17/h2-11,13,18-19H,12,14-15H2,1H3,(H,23,27)/t18-,19-/m0/s1. The molecule has 8 heteroatoms. The van der Waals surface area contributed by atoms with Crippen molar-refractivity contribution in [1.82, 2.24) is 5.32 Å². The molecule has 2 aromatic carbocycles. The lowest BCUT2D eigenvalue weighted by atomic mass is 9.96. The van der Waals surface area contributed by atoms with Gasteiger partial charge in [-0.25, -0.2) is 9.59 Å². The zero-order valence-corrected chi connectivity index (χ0v) is 16.5. The Hall–Kier alpha value is -3.68. The molecular weight excluding hydrogens is 390 g/mol. The van der Waals surface area contributed by atoms with Gasteiger partial charge in [0, 0.05) is 6.42 Å².